The molecule has 0 aromatic heterocycles. The van der Waals surface area contributed by atoms with Gasteiger partial charge in [-0.2, -0.15) is 0 Å². The summed E-state index contributed by atoms with van der Waals surface area (Å²) in [5.74, 6) is -0.400. The summed E-state index contributed by atoms with van der Waals surface area (Å²) in [4.78, 5) is 24.9. The second-order valence-electron chi connectivity index (χ2n) is 9.93. The van der Waals surface area contributed by atoms with Crippen molar-refractivity contribution in [3.8, 4) is 0 Å². The SMILES string of the molecule is CCCCCCCCCCCCCCCCCCCC(=O)[C@@H](NC(=O)c1ccccc1)[C@@H](C)O. The summed E-state index contributed by atoms with van der Waals surface area (Å²) in [5, 5.41) is 12.7. The Labute approximate surface area is 209 Å². The van der Waals surface area contributed by atoms with E-state index in [2.05, 4.69) is 12.2 Å². The number of nitrogens with one attached hydrogen (secondary N) is 1. The Morgan fingerprint density at radius 1 is 0.706 bits per heavy atom. The minimum atomic E-state index is -0.897. The Morgan fingerprint density at radius 3 is 1.53 bits per heavy atom. The van der Waals surface area contributed by atoms with E-state index >= 15 is 0 Å². The van der Waals surface area contributed by atoms with Crippen LogP contribution in [-0.4, -0.2) is 28.9 Å². The molecule has 0 spiro atoms. The second kappa shape index (κ2) is 20.7. The molecule has 0 saturated heterocycles. The van der Waals surface area contributed by atoms with Crippen LogP contribution in [0.4, 0.5) is 0 Å². The van der Waals surface area contributed by atoms with Gasteiger partial charge in [0.25, 0.3) is 5.91 Å². The summed E-state index contributed by atoms with van der Waals surface area (Å²) in [6.07, 6.45) is 21.7. The number of aliphatic hydroxyl groups excluding tert-OH is 1. The minimum Gasteiger partial charge on any atom is -0.391 e. The molecule has 2 atom stereocenters. The summed E-state index contributed by atoms with van der Waals surface area (Å²) in [6.45, 7) is 3.83. The van der Waals surface area contributed by atoms with Gasteiger partial charge >= 0.3 is 0 Å². The zero-order valence-corrected chi connectivity index (χ0v) is 22.0. The van der Waals surface area contributed by atoms with Crippen molar-refractivity contribution in [3.63, 3.8) is 0 Å². The van der Waals surface area contributed by atoms with Crippen LogP contribution >= 0.6 is 0 Å². The molecule has 4 nitrogen and oxygen atoms in total. The number of Topliss-reactive ketones (excluding diaryl/α,β-unsaturated/α-hetero) is 1. The predicted octanol–water partition coefficient (Wildman–Crippen LogP) is 7.78. The first-order chi connectivity index (χ1) is 16.6. The Kier molecular flexibility index (Phi) is 18.5. The molecule has 1 aromatic carbocycles. The largest absolute Gasteiger partial charge is 0.391 e. The van der Waals surface area contributed by atoms with E-state index in [-0.39, 0.29) is 11.7 Å². The highest BCUT2D eigenvalue weighted by Gasteiger charge is 2.25. The monoisotopic (exact) mass is 473 g/mol. The number of aliphatic hydroxyl groups is 1. The van der Waals surface area contributed by atoms with Gasteiger partial charge in [-0.05, 0) is 25.5 Å². The van der Waals surface area contributed by atoms with Gasteiger partial charge in [-0.1, -0.05) is 128 Å². The number of rotatable bonds is 22. The van der Waals surface area contributed by atoms with Crippen LogP contribution in [-0.2, 0) is 4.79 Å². The van der Waals surface area contributed by atoms with E-state index in [1.165, 1.54) is 89.9 Å². The van der Waals surface area contributed by atoms with Crippen LogP contribution < -0.4 is 5.32 Å². The maximum Gasteiger partial charge on any atom is 0.251 e. The lowest BCUT2D eigenvalue weighted by atomic mass is 10.00. The van der Waals surface area contributed by atoms with Crippen molar-refractivity contribution in [1.29, 1.82) is 0 Å². The van der Waals surface area contributed by atoms with Crippen molar-refractivity contribution >= 4 is 11.7 Å². The Hall–Kier alpha value is -1.68. The molecular formula is C30H51NO3. The van der Waals surface area contributed by atoms with E-state index in [0.717, 1.165) is 19.3 Å². The van der Waals surface area contributed by atoms with Gasteiger partial charge < -0.3 is 10.4 Å². The molecule has 34 heavy (non-hydrogen) atoms. The Morgan fingerprint density at radius 2 is 1.12 bits per heavy atom. The molecule has 0 saturated carbocycles. The quantitative estimate of drug-likeness (QED) is 0.169. The third-order valence-corrected chi connectivity index (χ3v) is 6.68. The van der Waals surface area contributed by atoms with Crippen LogP contribution in [0.5, 0.6) is 0 Å². The van der Waals surface area contributed by atoms with Crippen molar-refractivity contribution < 1.29 is 14.7 Å². The highest BCUT2D eigenvalue weighted by atomic mass is 16.3. The number of carbonyl (C=O) groups excluding carboxylic acids is 2. The van der Waals surface area contributed by atoms with Gasteiger partial charge in [0.05, 0.1) is 6.10 Å². The first-order valence-corrected chi connectivity index (χ1v) is 14.1. The van der Waals surface area contributed by atoms with E-state index in [0.29, 0.717) is 12.0 Å². The van der Waals surface area contributed by atoms with Gasteiger partial charge in [-0.3, -0.25) is 9.59 Å². The molecule has 1 amide bonds. The standard InChI is InChI=1S/C30H51NO3/c1-3-4-5-6-7-8-9-10-11-12-13-14-15-16-17-18-22-25-28(33)29(26(2)32)31-30(34)27-23-20-19-21-24-27/h19-21,23-24,26,29,32H,3-18,22,25H2,1-2H3,(H,31,34)/t26-,29+/m1/s1. The number of hydrogen-bond donors (Lipinski definition) is 2. The molecule has 0 bridgehead atoms. The molecule has 0 aliphatic carbocycles. The van der Waals surface area contributed by atoms with Crippen LogP contribution in [0, 0.1) is 0 Å². The summed E-state index contributed by atoms with van der Waals surface area (Å²) in [6, 6.07) is 7.97. The molecule has 194 valence electrons. The molecule has 4 heteroatoms. The van der Waals surface area contributed by atoms with Gasteiger partial charge in [0.1, 0.15) is 6.04 Å². The number of hydrogen-bond acceptors (Lipinski definition) is 3. The maximum absolute atomic E-state index is 12.5. The Balaban J connectivity index is 1.98. The van der Waals surface area contributed by atoms with Gasteiger partial charge in [-0.25, -0.2) is 0 Å². The van der Waals surface area contributed by atoms with E-state index in [1.807, 2.05) is 6.07 Å². The molecule has 0 unspecified atom stereocenters. The fourth-order valence-electron chi connectivity index (χ4n) is 4.46. The molecular weight excluding hydrogens is 422 g/mol. The number of benzene rings is 1. The number of amides is 1. The zero-order chi connectivity index (χ0) is 24.9. The lowest BCUT2D eigenvalue weighted by Crippen LogP contribution is -2.47. The summed E-state index contributed by atoms with van der Waals surface area (Å²) in [5.41, 5.74) is 0.499. The predicted molar refractivity (Wildman–Crippen MR) is 143 cm³/mol. The second-order valence-corrected chi connectivity index (χ2v) is 9.93. The normalized spacial score (nSPS) is 12.9. The first-order valence-electron chi connectivity index (χ1n) is 14.1. The number of carbonyl (C=O) groups is 2. The molecule has 0 heterocycles. The Bertz CT molecular complexity index is 629. The summed E-state index contributed by atoms with van der Waals surface area (Å²) in [7, 11) is 0. The number of ketones is 1. The van der Waals surface area contributed by atoms with E-state index < -0.39 is 12.1 Å². The zero-order valence-electron chi connectivity index (χ0n) is 22.0. The fourth-order valence-corrected chi connectivity index (χ4v) is 4.46. The van der Waals surface area contributed by atoms with Crippen LogP contribution in [0.1, 0.15) is 140 Å². The van der Waals surface area contributed by atoms with Crippen molar-refractivity contribution in [3.05, 3.63) is 35.9 Å². The summed E-state index contributed by atoms with van der Waals surface area (Å²) >= 11 is 0. The third kappa shape index (κ3) is 15.3. The van der Waals surface area contributed by atoms with Crippen LogP contribution in [0.3, 0.4) is 0 Å². The highest BCUT2D eigenvalue weighted by molar-refractivity contribution is 5.98. The first kappa shape index (κ1) is 30.4. The fraction of sp³-hybridized carbons (Fsp3) is 0.733. The van der Waals surface area contributed by atoms with Crippen molar-refractivity contribution in [1.82, 2.24) is 5.32 Å². The molecule has 1 aromatic rings. The van der Waals surface area contributed by atoms with Crippen molar-refractivity contribution in [2.24, 2.45) is 0 Å². The van der Waals surface area contributed by atoms with Crippen LogP contribution in [0.2, 0.25) is 0 Å². The molecule has 2 N–H and O–H groups in total. The van der Waals surface area contributed by atoms with E-state index in [1.54, 1.807) is 31.2 Å². The molecule has 0 aliphatic heterocycles. The van der Waals surface area contributed by atoms with E-state index in [9.17, 15) is 14.7 Å². The minimum absolute atomic E-state index is 0.0831. The average Bonchev–Trinajstić information content (AvgIpc) is 2.84. The van der Waals surface area contributed by atoms with Crippen LogP contribution in [0.15, 0.2) is 30.3 Å². The highest BCUT2D eigenvalue weighted by Crippen LogP contribution is 2.15. The summed E-state index contributed by atoms with van der Waals surface area (Å²) < 4.78 is 0. The van der Waals surface area contributed by atoms with Gasteiger partial charge in [0.2, 0.25) is 0 Å². The average molecular weight is 474 g/mol. The van der Waals surface area contributed by atoms with Gasteiger partial charge in [0, 0.05) is 12.0 Å². The maximum atomic E-state index is 12.5. The van der Waals surface area contributed by atoms with Gasteiger partial charge in [-0.15, -0.1) is 0 Å². The molecule has 1 rings (SSSR count). The lowest BCUT2D eigenvalue weighted by molar-refractivity contribution is -0.123. The molecule has 0 fully saturated rings. The van der Waals surface area contributed by atoms with Gasteiger partial charge in [0.15, 0.2) is 5.78 Å². The topological polar surface area (TPSA) is 66.4 Å². The number of unbranched alkanes of at least 4 members (excludes halogenated alkanes) is 16. The molecule has 0 aliphatic rings. The van der Waals surface area contributed by atoms with Crippen LogP contribution in [0.25, 0.3) is 0 Å². The van der Waals surface area contributed by atoms with Crippen molar-refractivity contribution in [2.75, 3.05) is 0 Å². The third-order valence-electron chi connectivity index (χ3n) is 6.68. The molecule has 0 radical (unpaired) electrons. The lowest BCUT2D eigenvalue weighted by Gasteiger charge is -2.20. The van der Waals surface area contributed by atoms with Crippen molar-refractivity contribution in [2.45, 2.75) is 142 Å². The smallest absolute Gasteiger partial charge is 0.251 e. The van der Waals surface area contributed by atoms with E-state index in [4.69, 9.17) is 0 Å².